The second kappa shape index (κ2) is 17.2. The van der Waals surface area contributed by atoms with Crippen LogP contribution in [0.25, 0.3) is 0 Å². The van der Waals surface area contributed by atoms with Crippen molar-refractivity contribution in [2.75, 3.05) is 5.75 Å². The van der Waals surface area contributed by atoms with Crippen LogP contribution < -0.4 is 0 Å². The van der Waals surface area contributed by atoms with Crippen LogP contribution >= 0.6 is 47.3 Å². The Kier molecular flexibility index (Phi) is 16.1. The van der Waals surface area contributed by atoms with Crippen molar-refractivity contribution < 1.29 is 9.90 Å². The van der Waals surface area contributed by atoms with Gasteiger partial charge in [0.1, 0.15) is 3.53 Å². The minimum Gasteiger partial charge on any atom is -0.481 e. The van der Waals surface area contributed by atoms with E-state index in [0.29, 0.717) is 12.3 Å². The van der Waals surface area contributed by atoms with E-state index >= 15 is 0 Å². The first-order valence-corrected chi connectivity index (χ1v) is 14.8. The lowest BCUT2D eigenvalue weighted by atomic mass is 9.86. The van der Waals surface area contributed by atoms with E-state index in [2.05, 4.69) is 19.1 Å². The van der Waals surface area contributed by atoms with Gasteiger partial charge in [-0.2, -0.15) is 0 Å². The third-order valence-corrected chi connectivity index (χ3v) is 8.97. The number of halogens is 1. The fourth-order valence-electron chi connectivity index (χ4n) is 3.49. The second-order valence-electron chi connectivity index (χ2n) is 9.16. The summed E-state index contributed by atoms with van der Waals surface area (Å²) < 4.78 is 0.911. The van der Waals surface area contributed by atoms with E-state index < -0.39 is 11.4 Å². The van der Waals surface area contributed by atoms with Gasteiger partial charge in [0.2, 0.25) is 0 Å². The molecule has 1 rings (SSSR count). The molecule has 0 heterocycles. The Labute approximate surface area is 215 Å². The maximum Gasteiger partial charge on any atom is 0.309 e. The average molecular weight is 517 g/mol. The first kappa shape index (κ1) is 29.8. The number of carbonyl (C=O) groups is 1. The number of alkyl halides is 1. The highest BCUT2D eigenvalue weighted by Crippen LogP contribution is 2.42. The van der Waals surface area contributed by atoms with Crippen molar-refractivity contribution in [1.82, 2.24) is 0 Å². The lowest BCUT2D eigenvalue weighted by molar-refractivity contribution is -0.147. The number of benzene rings is 1. The summed E-state index contributed by atoms with van der Waals surface area (Å²) in [6.07, 6.45) is 13.9. The Balaban J connectivity index is 2.40. The smallest absolute Gasteiger partial charge is 0.309 e. The van der Waals surface area contributed by atoms with Crippen molar-refractivity contribution in [3.05, 3.63) is 35.4 Å². The zero-order valence-corrected chi connectivity index (χ0v) is 23.2. The largest absolute Gasteiger partial charge is 0.481 e. The zero-order chi connectivity index (χ0) is 23.8. The molecule has 0 saturated heterocycles. The molecule has 0 fully saturated rings. The summed E-state index contributed by atoms with van der Waals surface area (Å²) in [5.74, 6) is 0.749. The van der Waals surface area contributed by atoms with Crippen LogP contribution in [0.5, 0.6) is 0 Å². The van der Waals surface area contributed by atoms with Gasteiger partial charge in [-0.15, -0.1) is 23.4 Å². The molecule has 0 aromatic heterocycles. The Bertz CT molecular complexity index is 662. The van der Waals surface area contributed by atoms with E-state index in [9.17, 15) is 9.90 Å². The number of unbranched alkanes of at least 4 members (excludes halogenated alkanes) is 9. The molecule has 1 N–H and O–H groups in total. The summed E-state index contributed by atoms with van der Waals surface area (Å²) >= 11 is 15.0. The fourth-order valence-corrected chi connectivity index (χ4v) is 6.68. The molecule has 0 radical (unpaired) electrons. The van der Waals surface area contributed by atoms with Gasteiger partial charge in [-0.1, -0.05) is 113 Å². The van der Waals surface area contributed by atoms with Gasteiger partial charge in [-0.05, 0) is 43.6 Å². The van der Waals surface area contributed by atoms with Crippen molar-refractivity contribution in [1.29, 1.82) is 0 Å². The molecule has 0 aliphatic rings. The number of hydrogen-bond donors (Lipinski definition) is 1. The summed E-state index contributed by atoms with van der Waals surface area (Å²) in [5.41, 5.74) is 1.37. The predicted molar refractivity (Wildman–Crippen MR) is 149 cm³/mol. The lowest BCUT2D eigenvalue weighted by Gasteiger charge is -2.26. The first-order valence-electron chi connectivity index (χ1n) is 12.0. The number of thioether (sulfide) groups is 2. The maximum atomic E-state index is 11.7. The van der Waals surface area contributed by atoms with E-state index in [1.807, 2.05) is 12.1 Å². The summed E-state index contributed by atoms with van der Waals surface area (Å²) in [4.78, 5) is 11.7. The zero-order valence-electron chi connectivity index (χ0n) is 20.0. The molecule has 2 nitrogen and oxygen atoms in total. The van der Waals surface area contributed by atoms with E-state index in [-0.39, 0.29) is 5.25 Å². The van der Waals surface area contributed by atoms with Crippen LogP contribution in [0, 0.1) is 5.41 Å². The van der Waals surface area contributed by atoms with Crippen LogP contribution in [0.4, 0.5) is 0 Å². The van der Waals surface area contributed by atoms with Crippen LogP contribution in [0.15, 0.2) is 24.3 Å². The number of aliphatic carboxylic acids is 1. The molecule has 1 aromatic rings. The van der Waals surface area contributed by atoms with E-state index in [0.717, 1.165) is 20.4 Å². The van der Waals surface area contributed by atoms with Crippen molar-refractivity contribution >= 4 is 56.8 Å². The monoisotopic (exact) mass is 516 g/mol. The van der Waals surface area contributed by atoms with Gasteiger partial charge in [0.15, 0.2) is 0 Å². The number of hydrogen-bond acceptors (Lipinski definition) is 4. The Morgan fingerprint density at radius 1 is 1.00 bits per heavy atom. The van der Waals surface area contributed by atoms with Gasteiger partial charge in [0.25, 0.3) is 0 Å². The van der Waals surface area contributed by atoms with Crippen LogP contribution in [-0.2, 0) is 10.7 Å². The third-order valence-electron chi connectivity index (χ3n) is 5.74. The van der Waals surface area contributed by atoms with E-state index in [1.54, 1.807) is 37.4 Å². The summed E-state index contributed by atoms with van der Waals surface area (Å²) in [6.45, 7) is 5.84. The molecule has 32 heavy (non-hydrogen) atoms. The van der Waals surface area contributed by atoms with E-state index in [1.165, 1.54) is 64.2 Å². The molecular formula is C26H41ClO2S3. The number of carboxylic acids is 1. The van der Waals surface area contributed by atoms with Crippen molar-refractivity contribution in [3.63, 3.8) is 0 Å². The summed E-state index contributed by atoms with van der Waals surface area (Å²) in [7, 11) is 0. The Morgan fingerprint density at radius 2 is 1.53 bits per heavy atom. The quantitative estimate of drug-likeness (QED) is 0.127. The highest BCUT2D eigenvalue weighted by molar-refractivity contribution is 8.47. The van der Waals surface area contributed by atoms with Crippen LogP contribution in [0.1, 0.15) is 108 Å². The molecule has 0 bridgehead atoms. The average Bonchev–Trinajstić information content (AvgIpc) is 2.77. The van der Waals surface area contributed by atoms with Crippen molar-refractivity contribution in [2.45, 2.75) is 103 Å². The van der Waals surface area contributed by atoms with Gasteiger partial charge >= 0.3 is 5.97 Å². The van der Waals surface area contributed by atoms with Crippen LogP contribution in [0.2, 0.25) is 0 Å². The molecule has 0 saturated carbocycles. The minimum atomic E-state index is -0.806. The Hall–Kier alpha value is -0.230. The van der Waals surface area contributed by atoms with Gasteiger partial charge < -0.3 is 5.11 Å². The number of thiocarbonyl (C=S) groups is 1. The molecule has 0 aliphatic carbocycles. The summed E-state index contributed by atoms with van der Waals surface area (Å²) in [6, 6.07) is 8.15. The molecule has 182 valence electrons. The molecule has 6 heteroatoms. The van der Waals surface area contributed by atoms with Crippen LogP contribution in [-0.4, -0.2) is 20.4 Å². The standard InChI is InChI=1S/C26H41ClO2S3/c1-4-5-6-7-8-9-10-11-12-13-18-31-25(30)32-23(19-26(2,3)24(28)29)22-16-14-21(20-27)15-17-22/h14-17,23H,4-13,18-20H2,1-3H3,(H,28,29). The van der Waals surface area contributed by atoms with E-state index in [4.69, 9.17) is 23.8 Å². The molecule has 0 amide bonds. The van der Waals surface area contributed by atoms with Crippen molar-refractivity contribution in [2.24, 2.45) is 5.41 Å². The summed E-state index contributed by atoms with van der Waals surface area (Å²) in [5, 5.41) is 9.63. The highest BCUT2D eigenvalue weighted by Gasteiger charge is 2.32. The number of rotatable bonds is 17. The van der Waals surface area contributed by atoms with Gasteiger partial charge in [-0.3, -0.25) is 4.79 Å². The lowest BCUT2D eigenvalue weighted by Crippen LogP contribution is -2.25. The SMILES string of the molecule is CCCCCCCCCCCCSC(=S)SC(CC(C)(C)C(=O)O)c1ccc(CCl)cc1. The topological polar surface area (TPSA) is 37.3 Å². The van der Waals surface area contributed by atoms with Crippen LogP contribution in [0.3, 0.4) is 0 Å². The molecule has 0 aliphatic heterocycles. The predicted octanol–water partition coefficient (Wildman–Crippen LogP) is 9.64. The second-order valence-corrected chi connectivity index (χ2v) is 12.9. The van der Waals surface area contributed by atoms with Crippen molar-refractivity contribution in [3.8, 4) is 0 Å². The first-order chi connectivity index (χ1) is 15.3. The minimum absolute atomic E-state index is 0.0261. The molecule has 1 unspecified atom stereocenters. The molecular weight excluding hydrogens is 476 g/mol. The highest BCUT2D eigenvalue weighted by atomic mass is 35.5. The van der Waals surface area contributed by atoms with Gasteiger partial charge in [-0.25, -0.2) is 0 Å². The van der Waals surface area contributed by atoms with Gasteiger partial charge in [0, 0.05) is 11.1 Å². The van der Waals surface area contributed by atoms with Gasteiger partial charge in [0.05, 0.1) is 5.41 Å². The maximum absolute atomic E-state index is 11.7. The molecule has 0 spiro atoms. The number of carboxylic acid groups (broad SMARTS) is 1. The normalized spacial score (nSPS) is 12.6. The molecule has 1 aromatic carbocycles. The Morgan fingerprint density at radius 3 is 2.03 bits per heavy atom. The molecule has 1 atom stereocenters. The third kappa shape index (κ3) is 12.9. The fraction of sp³-hybridized carbons (Fsp3) is 0.692.